The lowest BCUT2D eigenvalue weighted by Crippen LogP contribution is -2.61. The van der Waals surface area contributed by atoms with E-state index >= 15 is 0 Å². The molecule has 110 valence electrons. The van der Waals surface area contributed by atoms with Crippen molar-refractivity contribution in [1.29, 1.82) is 0 Å². The van der Waals surface area contributed by atoms with Gasteiger partial charge in [0, 0.05) is 38.3 Å². The van der Waals surface area contributed by atoms with Crippen LogP contribution in [0.3, 0.4) is 0 Å². The summed E-state index contributed by atoms with van der Waals surface area (Å²) in [5, 5.41) is 3.60. The van der Waals surface area contributed by atoms with Crippen molar-refractivity contribution < 1.29 is 0 Å². The Hall–Kier alpha value is -0.120. The van der Waals surface area contributed by atoms with E-state index in [1.807, 2.05) is 0 Å². The van der Waals surface area contributed by atoms with Gasteiger partial charge >= 0.3 is 0 Å². The van der Waals surface area contributed by atoms with Crippen LogP contribution in [-0.4, -0.2) is 61.2 Å². The molecule has 3 rings (SSSR count). The summed E-state index contributed by atoms with van der Waals surface area (Å²) >= 11 is 0. The second kappa shape index (κ2) is 5.71. The Kier molecular flexibility index (Phi) is 4.16. The van der Waals surface area contributed by atoms with Gasteiger partial charge in [-0.2, -0.15) is 0 Å². The van der Waals surface area contributed by atoms with E-state index in [-0.39, 0.29) is 0 Å². The highest BCUT2D eigenvalue weighted by Crippen LogP contribution is 2.30. The Morgan fingerprint density at radius 1 is 1.21 bits per heavy atom. The molecule has 0 aliphatic carbocycles. The second-order valence-corrected chi connectivity index (χ2v) is 7.51. The first kappa shape index (κ1) is 13.8. The number of nitrogens with one attached hydrogen (secondary N) is 1. The van der Waals surface area contributed by atoms with E-state index in [4.69, 9.17) is 0 Å². The van der Waals surface area contributed by atoms with Crippen LogP contribution < -0.4 is 5.32 Å². The fourth-order valence-electron chi connectivity index (χ4n) is 4.38. The van der Waals surface area contributed by atoms with Crippen LogP contribution in [0.1, 0.15) is 46.0 Å². The SMILES string of the molecule is CC1CN2CCCCC2CN1CC1(C)CCCNC1. The van der Waals surface area contributed by atoms with E-state index in [9.17, 15) is 0 Å². The summed E-state index contributed by atoms with van der Waals surface area (Å²) in [5.41, 5.74) is 0.503. The number of fused-ring (bicyclic) bond motifs is 1. The molecule has 3 heteroatoms. The maximum absolute atomic E-state index is 3.60. The third kappa shape index (κ3) is 3.14. The lowest BCUT2D eigenvalue weighted by molar-refractivity contribution is -0.00833. The van der Waals surface area contributed by atoms with Crippen molar-refractivity contribution >= 4 is 0 Å². The molecule has 3 nitrogen and oxygen atoms in total. The van der Waals surface area contributed by atoms with Gasteiger partial charge in [-0.15, -0.1) is 0 Å². The molecule has 0 aromatic heterocycles. The fourth-order valence-corrected chi connectivity index (χ4v) is 4.38. The molecule has 0 aromatic rings. The molecule has 0 bridgehead atoms. The molecule has 3 saturated heterocycles. The third-order valence-electron chi connectivity index (χ3n) is 5.59. The molecular formula is C16H31N3. The number of piperazine rings is 1. The summed E-state index contributed by atoms with van der Waals surface area (Å²) in [7, 11) is 0. The summed E-state index contributed by atoms with van der Waals surface area (Å²) in [6, 6.07) is 1.60. The van der Waals surface area contributed by atoms with Gasteiger partial charge < -0.3 is 5.32 Å². The highest BCUT2D eigenvalue weighted by molar-refractivity contribution is 4.93. The maximum Gasteiger partial charge on any atom is 0.0223 e. The van der Waals surface area contributed by atoms with E-state index in [2.05, 4.69) is 29.0 Å². The zero-order chi connectivity index (χ0) is 13.3. The monoisotopic (exact) mass is 265 g/mol. The fraction of sp³-hybridized carbons (Fsp3) is 1.00. The van der Waals surface area contributed by atoms with E-state index in [0.29, 0.717) is 5.41 Å². The Bertz CT molecular complexity index is 298. The molecule has 3 heterocycles. The zero-order valence-corrected chi connectivity index (χ0v) is 12.8. The summed E-state index contributed by atoms with van der Waals surface area (Å²) in [6.45, 7) is 12.6. The molecule has 0 amide bonds. The third-order valence-corrected chi connectivity index (χ3v) is 5.59. The van der Waals surface area contributed by atoms with Crippen molar-refractivity contribution in [2.24, 2.45) is 5.41 Å². The maximum atomic E-state index is 3.60. The van der Waals surface area contributed by atoms with Crippen LogP contribution in [0.25, 0.3) is 0 Å². The molecular weight excluding hydrogens is 234 g/mol. The first-order valence-electron chi connectivity index (χ1n) is 8.35. The van der Waals surface area contributed by atoms with Crippen LogP contribution in [-0.2, 0) is 0 Å². The lowest BCUT2D eigenvalue weighted by atomic mass is 9.81. The van der Waals surface area contributed by atoms with Crippen LogP contribution in [0.15, 0.2) is 0 Å². The van der Waals surface area contributed by atoms with Crippen LogP contribution >= 0.6 is 0 Å². The molecule has 3 aliphatic heterocycles. The van der Waals surface area contributed by atoms with Gasteiger partial charge in [-0.3, -0.25) is 9.80 Å². The van der Waals surface area contributed by atoms with E-state index < -0.39 is 0 Å². The van der Waals surface area contributed by atoms with Gasteiger partial charge in [0.1, 0.15) is 0 Å². The Morgan fingerprint density at radius 3 is 2.89 bits per heavy atom. The van der Waals surface area contributed by atoms with Crippen molar-refractivity contribution in [2.75, 3.05) is 39.3 Å². The zero-order valence-electron chi connectivity index (χ0n) is 12.8. The van der Waals surface area contributed by atoms with Gasteiger partial charge in [-0.05, 0) is 51.1 Å². The predicted molar refractivity (Wildman–Crippen MR) is 80.5 cm³/mol. The summed E-state index contributed by atoms with van der Waals surface area (Å²) in [6.07, 6.45) is 7.05. The first-order chi connectivity index (χ1) is 9.16. The van der Waals surface area contributed by atoms with Crippen LogP contribution in [0.4, 0.5) is 0 Å². The number of nitrogens with zero attached hydrogens (tertiary/aromatic N) is 2. The van der Waals surface area contributed by atoms with Gasteiger partial charge in [0.25, 0.3) is 0 Å². The minimum atomic E-state index is 0.503. The number of piperidine rings is 2. The van der Waals surface area contributed by atoms with Crippen molar-refractivity contribution in [3.8, 4) is 0 Å². The molecule has 3 unspecified atom stereocenters. The lowest BCUT2D eigenvalue weighted by Gasteiger charge is -2.50. The average Bonchev–Trinajstić information content (AvgIpc) is 2.40. The Balaban J connectivity index is 1.60. The molecule has 3 atom stereocenters. The minimum Gasteiger partial charge on any atom is -0.316 e. The quantitative estimate of drug-likeness (QED) is 0.823. The van der Waals surface area contributed by atoms with Crippen LogP contribution in [0.2, 0.25) is 0 Å². The summed E-state index contributed by atoms with van der Waals surface area (Å²) < 4.78 is 0. The van der Waals surface area contributed by atoms with Crippen molar-refractivity contribution in [1.82, 2.24) is 15.1 Å². The van der Waals surface area contributed by atoms with Crippen LogP contribution in [0.5, 0.6) is 0 Å². The summed E-state index contributed by atoms with van der Waals surface area (Å²) in [4.78, 5) is 5.55. The Labute approximate surface area is 118 Å². The molecule has 3 fully saturated rings. The first-order valence-corrected chi connectivity index (χ1v) is 8.35. The number of rotatable bonds is 2. The summed E-state index contributed by atoms with van der Waals surface area (Å²) in [5.74, 6) is 0. The molecule has 3 aliphatic rings. The normalized spacial score (nSPS) is 42.0. The average molecular weight is 265 g/mol. The van der Waals surface area contributed by atoms with Gasteiger partial charge in [0.05, 0.1) is 0 Å². The van der Waals surface area contributed by atoms with E-state index in [1.54, 1.807) is 0 Å². The molecule has 0 radical (unpaired) electrons. The second-order valence-electron chi connectivity index (χ2n) is 7.51. The topological polar surface area (TPSA) is 18.5 Å². The largest absolute Gasteiger partial charge is 0.316 e. The highest BCUT2D eigenvalue weighted by Gasteiger charge is 2.37. The Morgan fingerprint density at radius 2 is 2.11 bits per heavy atom. The predicted octanol–water partition coefficient (Wildman–Crippen LogP) is 1.93. The van der Waals surface area contributed by atoms with Gasteiger partial charge in [0.2, 0.25) is 0 Å². The minimum absolute atomic E-state index is 0.503. The molecule has 0 aromatic carbocycles. The number of hydrogen-bond acceptors (Lipinski definition) is 3. The standard InChI is InChI=1S/C16H31N3/c1-14-10-18-9-4-3-6-15(18)11-19(14)13-16(2)7-5-8-17-12-16/h14-15,17H,3-13H2,1-2H3. The van der Waals surface area contributed by atoms with Crippen molar-refractivity contribution in [2.45, 2.75) is 58.0 Å². The van der Waals surface area contributed by atoms with Gasteiger partial charge in [-0.25, -0.2) is 0 Å². The van der Waals surface area contributed by atoms with Crippen LogP contribution in [0, 0.1) is 5.41 Å². The molecule has 1 N–H and O–H groups in total. The molecule has 19 heavy (non-hydrogen) atoms. The highest BCUT2D eigenvalue weighted by atomic mass is 15.3. The molecule has 0 spiro atoms. The van der Waals surface area contributed by atoms with E-state index in [0.717, 1.165) is 12.1 Å². The number of hydrogen-bond donors (Lipinski definition) is 1. The smallest absolute Gasteiger partial charge is 0.0223 e. The molecule has 0 saturated carbocycles. The van der Waals surface area contributed by atoms with E-state index in [1.165, 1.54) is 71.4 Å². The van der Waals surface area contributed by atoms with Gasteiger partial charge in [0.15, 0.2) is 0 Å². The van der Waals surface area contributed by atoms with Crippen molar-refractivity contribution in [3.05, 3.63) is 0 Å². The van der Waals surface area contributed by atoms with Gasteiger partial charge in [-0.1, -0.05) is 13.3 Å². The van der Waals surface area contributed by atoms with Crippen molar-refractivity contribution in [3.63, 3.8) is 0 Å².